The van der Waals surface area contributed by atoms with Crippen molar-refractivity contribution in [3.8, 4) is 5.75 Å². The Labute approximate surface area is 82.7 Å². The van der Waals surface area contributed by atoms with Gasteiger partial charge in [0.1, 0.15) is 5.75 Å². The van der Waals surface area contributed by atoms with Crippen LogP contribution in [0.25, 0.3) is 0 Å². The topological polar surface area (TPSA) is 20.2 Å². The Morgan fingerprint density at radius 2 is 1.36 bits per heavy atom. The molecule has 5 heteroatoms. The number of para-hydroxylation sites is 1. The first kappa shape index (κ1) is 11.5. The van der Waals surface area contributed by atoms with Gasteiger partial charge < -0.3 is 5.11 Å². The Hall–Kier alpha value is 0.474. The van der Waals surface area contributed by atoms with Gasteiger partial charge in [0.05, 0.1) is 0 Å². The van der Waals surface area contributed by atoms with Crippen LogP contribution in [0.15, 0.2) is 30.3 Å². The van der Waals surface area contributed by atoms with Gasteiger partial charge in [-0.2, -0.15) is 0 Å². The van der Waals surface area contributed by atoms with E-state index < -0.39 is 12.3 Å². The summed E-state index contributed by atoms with van der Waals surface area (Å²) in [6.45, 7) is 0. The molecule has 0 radical (unpaired) electrons. The molecular weight excluding hydrogens is 245 g/mol. The molecular formula is C6H6Cl3OV. The molecule has 0 amide bonds. The fourth-order valence-corrected chi connectivity index (χ4v) is 0.428. The van der Waals surface area contributed by atoms with E-state index in [2.05, 4.69) is 0 Å². The summed E-state index contributed by atoms with van der Waals surface area (Å²) in [5, 5.41) is 8.63. The van der Waals surface area contributed by atoms with Crippen LogP contribution in [0, 0.1) is 0 Å². The van der Waals surface area contributed by atoms with Crippen molar-refractivity contribution in [3.63, 3.8) is 0 Å². The van der Waals surface area contributed by atoms with Crippen molar-refractivity contribution in [2.45, 2.75) is 0 Å². The second-order valence-corrected chi connectivity index (χ2v) is 8.45. The Bertz CT molecular complexity index is 178. The molecule has 0 saturated carbocycles. The van der Waals surface area contributed by atoms with E-state index in [9.17, 15) is 0 Å². The summed E-state index contributed by atoms with van der Waals surface area (Å²) in [4.78, 5) is 0. The summed E-state index contributed by atoms with van der Waals surface area (Å²) in [5.74, 6) is 0.322. The number of phenolic OH excluding ortho intramolecular Hbond substituents is 1. The zero-order valence-electron chi connectivity index (χ0n) is 5.42. The second kappa shape index (κ2) is 7.14. The zero-order valence-corrected chi connectivity index (χ0v) is 9.08. The summed E-state index contributed by atoms with van der Waals surface area (Å²) in [6.07, 6.45) is 0. The van der Waals surface area contributed by atoms with Crippen LogP contribution in [0.4, 0.5) is 0 Å². The molecule has 1 nitrogen and oxygen atoms in total. The van der Waals surface area contributed by atoms with E-state index in [0.29, 0.717) is 5.75 Å². The van der Waals surface area contributed by atoms with Gasteiger partial charge in [-0.25, -0.2) is 0 Å². The minimum absolute atomic E-state index is 0.322. The maximum atomic E-state index is 8.63. The van der Waals surface area contributed by atoms with Crippen LogP contribution in [-0.4, -0.2) is 5.11 Å². The van der Waals surface area contributed by atoms with Gasteiger partial charge in [-0.1, -0.05) is 18.2 Å². The van der Waals surface area contributed by atoms with Gasteiger partial charge in [0.15, 0.2) is 0 Å². The molecule has 0 fully saturated rings. The molecule has 0 aliphatic carbocycles. The minimum atomic E-state index is -1.77. The number of rotatable bonds is 0. The van der Waals surface area contributed by atoms with Gasteiger partial charge in [0, 0.05) is 0 Å². The Morgan fingerprint density at radius 3 is 1.55 bits per heavy atom. The first-order chi connectivity index (χ1) is 5.13. The van der Waals surface area contributed by atoms with Gasteiger partial charge in [-0.15, -0.1) is 0 Å². The first-order valence-electron chi connectivity index (χ1n) is 2.64. The van der Waals surface area contributed by atoms with Crippen molar-refractivity contribution in [2.24, 2.45) is 0 Å². The molecule has 0 unspecified atom stereocenters. The van der Waals surface area contributed by atoms with Gasteiger partial charge >= 0.3 is 41.8 Å². The van der Waals surface area contributed by atoms with Crippen LogP contribution in [0.1, 0.15) is 0 Å². The normalized spacial score (nSPS) is 8.73. The molecule has 0 bridgehead atoms. The van der Waals surface area contributed by atoms with Gasteiger partial charge in [-0.05, 0) is 12.1 Å². The molecule has 0 spiro atoms. The van der Waals surface area contributed by atoms with Gasteiger partial charge in [-0.3, -0.25) is 0 Å². The van der Waals surface area contributed by atoms with E-state index in [1.54, 1.807) is 24.3 Å². The van der Waals surface area contributed by atoms with Crippen LogP contribution in [0.5, 0.6) is 5.75 Å². The molecule has 0 aromatic heterocycles. The molecule has 1 aromatic rings. The Balaban J connectivity index is 0.000000218. The fraction of sp³-hybridized carbons (Fsp3) is 0. The van der Waals surface area contributed by atoms with Crippen LogP contribution < -0.4 is 0 Å². The predicted molar refractivity (Wildman–Crippen MR) is 45.7 cm³/mol. The van der Waals surface area contributed by atoms with E-state index in [-0.39, 0.29) is 0 Å². The number of hydrogen-bond donors (Lipinski definition) is 1. The molecule has 0 atom stereocenters. The van der Waals surface area contributed by atoms with E-state index in [4.69, 9.17) is 34.7 Å². The average Bonchev–Trinajstić information content (AvgIpc) is 1.87. The molecule has 0 aliphatic heterocycles. The van der Waals surface area contributed by atoms with Gasteiger partial charge in [0.2, 0.25) is 0 Å². The molecule has 0 heterocycles. The average molecular weight is 251 g/mol. The SMILES string of the molecule is Oc1ccccc1.[Cl][V]([Cl])[Cl]. The maximum absolute atomic E-state index is 8.63. The molecule has 1 rings (SSSR count). The third kappa shape index (κ3) is 10.5. The van der Waals surface area contributed by atoms with E-state index in [1.165, 1.54) is 0 Å². The number of benzene rings is 1. The molecule has 0 aliphatic rings. The van der Waals surface area contributed by atoms with Crippen LogP contribution in [0.2, 0.25) is 0 Å². The monoisotopic (exact) mass is 250 g/mol. The van der Waals surface area contributed by atoms with Crippen molar-refractivity contribution < 1.29 is 17.4 Å². The zero-order chi connectivity index (χ0) is 8.69. The van der Waals surface area contributed by atoms with E-state index >= 15 is 0 Å². The first-order valence-corrected chi connectivity index (χ1v) is 8.41. The summed E-state index contributed by atoms with van der Waals surface area (Å²) >= 11 is -1.77. The Kier molecular flexibility index (Phi) is 7.45. The third-order valence-corrected chi connectivity index (χ3v) is 0.756. The standard InChI is InChI=1S/C6H6O.3ClH.V/c7-6-4-2-1-3-5-6;;;;/h1-5,7H;3*1H;/q;;;;+3/p-3. The number of hydrogen-bond acceptors (Lipinski definition) is 1. The van der Waals surface area contributed by atoms with Crippen molar-refractivity contribution in [2.75, 3.05) is 0 Å². The van der Waals surface area contributed by atoms with E-state index in [0.717, 1.165) is 0 Å². The van der Waals surface area contributed by atoms with Crippen molar-refractivity contribution in [3.05, 3.63) is 30.3 Å². The number of halogens is 3. The molecule has 1 aromatic carbocycles. The van der Waals surface area contributed by atoms with Crippen LogP contribution in [0.3, 0.4) is 0 Å². The molecule has 0 saturated heterocycles. The van der Waals surface area contributed by atoms with Crippen LogP contribution >= 0.6 is 29.5 Å². The van der Waals surface area contributed by atoms with Crippen molar-refractivity contribution in [1.29, 1.82) is 0 Å². The molecule has 62 valence electrons. The van der Waals surface area contributed by atoms with Crippen LogP contribution in [-0.2, 0) is 12.3 Å². The van der Waals surface area contributed by atoms with Gasteiger partial charge in [0.25, 0.3) is 0 Å². The summed E-state index contributed by atoms with van der Waals surface area (Å²) < 4.78 is 0. The van der Waals surface area contributed by atoms with Crippen molar-refractivity contribution >= 4 is 29.5 Å². The predicted octanol–water partition coefficient (Wildman–Crippen LogP) is 3.46. The molecule has 11 heavy (non-hydrogen) atoms. The third-order valence-electron chi connectivity index (χ3n) is 0.756. The fourth-order valence-electron chi connectivity index (χ4n) is 0.428. The number of aromatic hydroxyl groups is 1. The quantitative estimate of drug-likeness (QED) is 0.748. The summed E-state index contributed by atoms with van der Waals surface area (Å²) in [7, 11) is 14.9. The summed E-state index contributed by atoms with van der Waals surface area (Å²) in [6, 6.07) is 8.71. The van der Waals surface area contributed by atoms with Crippen molar-refractivity contribution in [1.82, 2.24) is 0 Å². The van der Waals surface area contributed by atoms with E-state index in [1.807, 2.05) is 6.07 Å². The summed E-state index contributed by atoms with van der Waals surface area (Å²) in [5.41, 5.74) is 0. The number of phenols is 1. The molecule has 1 N–H and O–H groups in total. The second-order valence-electron chi connectivity index (χ2n) is 1.53. The Morgan fingerprint density at radius 1 is 1.00 bits per heavy atom.